The van der Waals surface area contributed by atoms with Crippen LogP contribution in [0.15, 0.2) is 48.0 Å². The SMILES string of the molecule is COc1ccc(C2=C/C(=C\c3cc(I)c(OC)c([N+](=O)[O-])c3)C(=O)O2)cc1. The van der Waals surface area contributed by atoms with Gasteiger partial charge in [-0.1, -0.05) is 0 Å². The number of benzene rings is 2. The normalized spacial score (nSPS) is 14.7. The Morgan fingerprint density at radius 2 is 1.85 bits per heavy atom. The number of nitrogens with zero attached hydrogens (tertiary/aromatic N) is 1. The molecule has 3 rings (SSSR count). The number of hydrogen-bond donors (Lipinski definition) is 0. The van der Waals surface area contributed by atoms with Crippen molar-refractivity contribution < 1.29 is 23.9 Å². The van der Waals surface area contributed by atoms with Crippen LogP contribution in [0.3, 0.4) is 0 Å². The van der Waals surface area contributed by atoms with Gasteiger partial charge in [-0.3, -0.25) is 10.1 Å². The minimum Gasteiger partial charge on any atom is -0.497 e. The first-order chi connectivity index (χ1) is 12.9. The van der Waals surface area contributed by atoms with E-state index in [2.05, 4.69) is 0 Å². The number of esters is 1. The van der Waals surface area contributed by atoms with Crippen molar-refractivity contribution in [2.75, 3.05) is 14.2 Å². The largest absolute Gasteiger partial charge is 0.497 e. The molecule has 0 bridgehead atoms. The summed E-state index contributed by atoms with van der Waals surface area (Å²) in [5, 5.41) is 11.3. The van der Waals surface area contributed by atoms with Crippen molar-refractivity contribution in [1.82, 2.24) is 0 Å². The molecule has 0 saturated heterocycles. The summed E-state index contributed by atoms with van der Waals surface area (Å²) < 4.78 is 16.1. The number of carbonyl (C=O) groups is 1. The van der Waals surface area contributed by atoms with Gasteiger partial charge in [-0.25, -0.2) is 4.79 Å². The van der Waals surface area contributed by atoms with Crippen LogP contribution in [0.4, 0.5) is 5.69 Å². The highest BCUT2D eigenvalue weighted by atomic mass is 127. The van der Waals surface area contributed by atoms with E-state index >= 15 is 0 Å². The summed E-state index contributed by atoms with van der Waals surface area (Å²) in [6.45, 7) is 0. The van der Waals surface area contributed by atoms with E-state index < -0.39 is 10.9 Å². The number of nitro benzene ring substituents is 1. The maximum atomic E-state index is 12.2. The molecule has 27 heavy (non-hydrogen) atoms. The zero-order valence-corrected chi connectivity index (χ0v) is 16.6. The number of methoxy groups -OCH3 is 2. The molecule has 0 saturated carbocycles. The van der Waals surface area contributed by atoms with E-state index in [9.17, 15) is 14.9 Å². The van der Waals surface area contributed by atoms with Crippen molar-refractivity contribution >= 4 is 46.1 Å². The van der Waals surface area contributed by atoms with Crippen LogP contribution in [0.25, 0.3) is 11.8 Å². The smallest absolute Gasteiger partial charge is 0.343 e. The van der Waals surface area contributed by atoms with Crippen molar-refractivity contribution in [2.45, 2.75) is 0 Å². The number of hydrogen-bond acceptors (Lipinski definition) is 6. The Morgan fingerprint density at radius 3 is 2.44 bits per heavy atom. The Labute approximate surface area is 168 Å². The molecule has 138 valence electrons. The Hall–Kier alpha value is -2.88. The van der Waals surface area contributed by atoms with Crippen LogP contribution in [0.1, 0.15) is 11.1 Å². The summed E-state index contributed by atoms with van der Waals surface area (Å²) in [6.07, 6.45) is 3.15. The first-order valence-electron chi connectivity index (χ1n) is 7.75. The number of nitro groups is 1. The molecule has 1 aliphatic rings. The summed E-state index contributed by atoms with van der Waals surface area (Å²) in [4.78, 5) is 22.9. The fourth-order valence-corrected chi connectivity index (χ4v) is 3.44. The molecule has 1 aliphatic heterocycles. The predicted molar refractivity (Wildman–Crippen MR) is 107 cm³/mol. The van der Waals surface area contributed by atoms with Gasteiger partial charge in [0.2, 0.25) is 5.75 Å². The standard InChI is InChI=1S/C19H14INO6/c1-25-14-5-3-12(4-6-14)17-10-13(19(22)27-17)7-11-8-15(20)18(26-2)16(9-11)21(23)24/h3-10H,1-2H3/b13-7+. The van der Waals surface area contributed by atoms with E-state index in [0.717, 1.165) is 5.56 Å². The van der Waals surface area contributed by atoms with Gasteiger partial charge in [0.1, 0.15) is 11.5 Å². The van der Waals surface area contributed by atoms with Gasteiger partial charge >= 0.3 is 11.7 Å². The lowest BCUT2D eigenvalue weighted by Crippen LogP contribution is -1.99. The Bertz CT molecular complexity index is 978. The third-order valence-corrected chi connectivity index (χ3v) is 4.67. The monoisotopic (exact) mass is 479 g/mol. The average molecular weight is 479 g/mol. The van der Waals surface area contributed by atoms with Gasteiger partial charge in [0.15, 0.2) is 0 Å². The summed E-state index contributed by atoms with van der Waals surface area (Å²) in [7, 11) is 2.95. The van der Waals surface area contributed by atoms with Crippen molar-refractivity contribution in [3.8, 4) is 11.5 Å². The Kier molecular flexibility index (Phi) is 5.45. The van der Waals surface area contributed by atoms with E-state index in [0.29, 0.717) is 26.2 Å². The van der Waals surface area contributed by atoms with Gasteiger partial charge in [0.05, 0.1) is 28.3 Å². The molecule has 0 aromatic heterocycles. The van der Waals surface area contributed by atoms with Crippen molar-refractivity contribution in [1.29, 1.82) is 0 Å². The lowest BCUT2D eigenvalue weighted by atomic mass is 10.1. The molecule has 0 N–H and O–H groups in total. The molecule has 0 spiro atoms. The molecule has 2 aromatic rings. The van der Waals surface area contributed by atoms with E-state index in [1.807, 2.05) is 22.6 Å². The van der Waals surface area contributed by atoms with Crippen LogP contribution in [0.5, 0.6) is 11.5 Å². The molecule has 0 unspecified atom stereocenters. The highest BCUT2D eigenvalue weighted by molar-refractivity contribution is 14.1. The van der Waals surface area contributed by atoms with Crippen LogP contribution in [-0.2, 0) is 9.53 Å². The molecule has 0 aliphatic carbocycles. The third-order valence-electron chi connectivity index (χ3n) is 3.87. The summed E-state index contributed by atoms with van der Waals surface area (Å²) in [6, 6.07) is 10.2. The van der Waals surface area contributed by atoms with Crippen molar-refractivity contribution in [2.24, 2.45) is 0 Å². The van der Waals surface area contributed by atoms with Gasteiger partial charge < -0.3 is 14.2 Å². The highest BCUT2D eigenvalue weighted by Gasteiger charge is 2.24. The Balaban J connectivity index is 1.98. The first kappa shape index (κ1) is 18.9. The van der Waals surface area contributed by atoms with E-state index in [-0.39, 0.29) is 11.4 Å². The van der Waals surface area contributed by atoms with E-state index in [4.69, 9.17) is 14.2 Å². The topological polar surface area (TPSA) is 87.9 Å². The number of halogens is 1. The zero-order chi connectivity index (χ0) is 19.6. The van der Waals surface area contributed by atoms with Crippen molar-refractivity contribution in [3.63, 3.8) is 0 Å². The maximum absolute atomic E-state index is 12.2. The second-order valence-electron chi connectivity index (χ2n) is 5.54. The van der Waals surface area contributed by atoms with Crippen LogP contribution >= 0.6 is 22.6 Å². The van der Waals surface area contributed by atoms with Crippen LogP contribution in [0.2, 0.25) is 0 Å². The fourth-order valence-electron chi connectivity index (χ4n) is 2.59. The molecule has 8 heteroatoms. The summed E-state index contributed by atoms with van der Waals surface area (Å²) >= 11 is 1.95. The summed E-state index contributed by atoms with van der Waals surface area (Å²) in [5.74, 6) is 0.770. The number of rotatable bonds is 5. The van der Waals surface area contributed by atoms with Gasteiger partial charge in [0, 0.05) is 11.6 Å². The highest BCUT2D eigenvalue weighted by Crippen LogP contribution is 2.35. The number of cyclic esters (lactones) is 1. The predicted octanol–water partition coefficient (Wildman–Crippen LogP) is 4.20. The molecule has 0 fully saturated rings. The molecule has 1 heterocycles. The summed E-state index contributed by atoms with van der Waals surface area (Å²) in [5.41, 5.74) is 1.37. The second kappa shape index (κ2) is 7.78. The van der Waals surface area contributed by atoms with Gasteiger partial charge in [-0.15, -0.1) is 0 Å². The van der Waals surface area contributed by atoms with E-state index in [1.54, 1.807) is 49.6 Å². The minimum atomic E-state index is -0.519. The van der Waals surface area contributed by atoms with Gasteiger partial charge in [-0.2, -0.15) is 0 Å². The maximum Gasteiger partial charge on any atom is 0.343 e. The Morgan fingerprint density at radius 1 is 1.15 bits per heavy atom. The van der Waals surface area contributed by atoms with Gasteiger partial charge in [-0.05, 0) is 70.6 Å². The first-order valence-corrected chi connectivity index (χ1v) is 8.82. The minimum absolute atomic E-state index is 0.165. The van der Waals surface area contributed by atoms with E-state index in [1.165, 1.54) is 13.2 Å². The number of carbonyl (C=O) groups excluding carboxylic acids is 1. The molecular formula is C19H14INO6. The number of ether oxygens (including phenoxy) is 3. The fraction of sp³-hybridized carbons (Fsp3) is 0.105. The van der Waals surface area contributed by atoms with Crippen molar-refractivity contribution in [3.05, 3.63) is 72.9 Å². The molecular weight excluding hydrogens is 465 g/mol. The zero-order valence-electron chi connectivity index (χ0n) is 14.4. The van der Waals surface area contributed by atoms with Gasteiger partial charge in [0.25, 0.3) is 0 Å². The lowest BCUT2D eigenvalue weighted by molar-refractivity contribution is -0.385. The molecule has 0 amide bonds. The molecule has 7 nitrogen and oxygen atoms in total. The van der Waals surface area contributed by atoms with Crippen LogP contribution in [0, 0.1) is 13.7 Å². The lowest BCUT2D eigenvalue weighted by Gasteiger charge is -2.05. The third kappa shape index (κ3) is 3.95. The molecule has 0 radical (unpaired) electrons. The molecule has 2 aromatic carbocycles. The quantitative estimate of drug-likeness (QED) is 0.210. The average Bonchev–Trinajstić information content (AvgIpc) is 3.01. The molecule has 0 atom stereocenters. The second-order valence-corrected chi connectivity index (χ2v) is 6.70. The van der Waals surface area contributed by atoms with Crippen LogP contribution in [-0.4, -0.2) is 25.1 Å². The van der Waals surface area contributed by atoms with Crippen LogP contribution < -0.4 is 9.47 Å².